The summed E-state index contributed by atoms with van der Waals surface area (Å²) in [7, 11) is 1.68. The zero-order valence-corrected chi connectivity index (χ0v) is 12.0. The molecule has 0 saturated heterocycles. The van der Waals surface area contributed by atoms with Crippen molar-refractivity contribution in [2.24, 2.45) is 0 Å². The highest BCUT2D eigenvalue weighted by molar-refractivity contribution is 14.1. The lowest BCUT2D eigenvalue weighted by Gasteiger charge is -2.01. The normalized spacial score (nSPS) is 10.9. The number of benzene rings is 1. The number of fused-ring (bicyclic) bond motifs is 1. The minimum atomic E-state index is 0.879. The number of hydrogen-bond acceptors (Lipinski definition) is 3. The van der Waals surface area contributed by atoms with Gasteiger partial charge in [-0.05, 0) is 46.4 Å². The van der Waals surface area contributed by atoms with E-state index in [4.69, 9.17) is 4.74 Å². The summed E-state index contributed by atoms with van der Waals surface area (Å²) in [6, 6.07) is 10.2. The van der Waals surface area contributed by atoms with Crippen molar-refractivity contribution in [2.75, 3.05) is 7.11 Å². The van der Waals surface area contributed by atoms with Crippen molar-refractivity contribution in [3.8, 4) is 16.2 Å². The summed E-state index contributed by atoms with van der Waals surface area (Å²) >= 11 is 4.01. The summed E-state index contributed by atoms with van der Waals surface area (Å²) in [4.78, 5) is 1.22. The first kappa shape index (κ1) is 11.0. The van der Waals surface area contributed by atoms with E-state index in [0.29, 0.717) is 0 Å². The summed E-state index contributed by atoms with van der Waals surface area (Å²) in [6.07, 6.45) is 0. The number of aromatic nitrogens is 2. The second-order valence-corrected chi connectivity index (χ2v) is 5.73. The number of methoxy groups -OCH3 is 1. The molecule has 0 saturated carbocycles. The molecule has 0 aliphatic rings. The third-order valence-corrected chi connectivity index (χ3v) is 4.88. The maximum atomic E-state index is 5.24. The molecular formula is C12H9IN2OS. The molecule has 1 N–H and O–H groups in total. The molecule has 17 heavy (non-hydrogen) atoms. The Hall–Kier alpha value is -1.08. The first-order valence-corrected chi connectivity index (χ1v) is 6.95. The Morgan fingerprint density at radius 3 is 3.00 bits per heavy atom. The van der Waals surface area contributed by atoms with Crippen LogP contribution in [0.1, 0.15) is 0 Å². The van der Waals surface area contributed by atoms with Crippen LogP contribution in [0.5, 0.6) is 5.75 Å². The van der Waals surface area contributed by atoms with Gasteiger partial charge in [0.25, 0.3) is 0 Å². The van der Waals surface area contributed by atoms with E-state index in [1.54, 1.807) is 18.4 Å². The quantitative estimate of drug-likeness (QED) is 0.707. The van der Waals surface area contributed by atoms with Crippen LogP contribution < -0.4 is 4.74 Å². The van der Waals surface area contributed by atoms with Gasteiger partial charge in [-0.15, -0.1) is 11.3 Å². The van der Waals surface area contributed by atoms with E-state index in [1.165, 1.54) is 15.1 Å². The molecule has 0 radical (unpaired) electrons. The predicted molar refractivity (Wildman–Crippen MR) is 78.7 cm³/mol. The number of nitrogens with one attached hydrogen (secondary N) is 1. The van der Waals surface area contributed by atoms with Crippen molar-refractivity contribution >= 4 is 44.1 Å². The van der Waals surface area contributed by atoms with Crippen LogP contribution in [0.3, 0.4) is 0 Å². The van der Waals surface area contributed by atoms with E-state index in [9.17, 15) is 0 Å². The van der Waals surface area contributed by atoms with E-state index in [1.807, 2.05) is 18.2 Å². The average molecular weight is 356 g/mol. The summed E-state index contributed by atoms with van der Waals surface area (Å²) in [5, 5.41) is 7.23. The van der Waals surface area contributed by atoms with Crippen molar-refractivity contribution < 1.29 is 4.74 Å². The molecular weight excluding hydrogens is 347 g/mol. The van der Waals surface area contributed by atoms with Gasteiger partial charge in [-0.2, -0.15) is 5.10 Å². The van der Waals surface area contributed by atoms with E-state index in [0.717, 1.165) is 15.0 Å². The van der Waals surface area contributed by atoms with Gasteiger partial charge < -0.3 is 4.74 Å². The molecule has 0 atom stereocenters. The first-order chi connectivity index (χ1) is 8.28. The highest BCUT2D eigenvalue weighted by Crippen LogP contribution is 2.35. The maximum Gasteiger partial charge on any atom is 0.119 e. The van der Waals surface area contributed by atoms with Gasteiger partial charge in [-0.3, -0.25) is 5.10 Å². The van der Waals surface area contributed by atoms with Crippen LogP contribution in [0.2, 0.25) is 0 Å². The number of halogens is 1. The molecule has 2 aromatic heterocycles. The smallest absolute Gasteiger partial charge is 0.119 e. The largest absolute Gasteiger partial charge is 0.497 e. The van der Waals surface area contributed by atoms with Gasteiger partial charge in [0, 0.05) is 4.88 Å². The molecule has 86 valence electrons. The second-order valence-electron chi connectivity index (χ2n) is 3.59. The Morgan fingerprint density at radius 2 is 2.24 bits per heavy atom. The van der Waals surface area contributed by atoms with Crippen molar-refractivity contribution in [2.45, 2.75) is 0 Å². The molecule has 0 bridgehead atoms. The molecule has 3 rings (SSSR count). The molecule has 0 fully saturated rings. The molecule has 0 aliphatic heterocycles. The van der Waals surface area contributed by atoms with E-state index < -0.39 is 0 Å². The molecule has 0 spiro atoms. The summed E-state index contributed by atoms with van der Waals surface area (Å²) in [6.45, 7) is 0. The Balaban J connectivity index is 2.13. The molecule has 0 unspecified atom stereocenters. The van der Waals surface area contributed by atoms with Crippen LogP contribution in [0.25, 0.3) is 20.7 Å². The number of rotatable bonds is 2. The predicted octanol–water partition coefficient (Wildman–Crippen LogP) is 3.90. The van der Waals surface area contributed by atoms with Crippen LogP contribution in [0.15, 0.2) is 30.3 Å². The molecule has 1 aromatic carbocycles. The maximum absolute atomic E-state index is 5.24. The number of nitrogens with zero attached hydrogens (tertiary/aromatic N) is 1. The van der Waals surface area contributed by atoms with E-state index >= 15 is 0 Å². The van der Waals surface area contributed by atoms with Gasteiger partial charge in [0.05, 0.1) is 11.8 Å². The fourth-order valence-electron chi connectivity index (χ4n) is 1.70. The van der Waals surface area contributed by atoms with Crippen molar-refractivity contribution in [1.29, 1.82) is 0 Å². The van der Waals surface area contributed by atoms with Crippen LogP contribution in [-0.4, -0.2) is 17.3 Å². The van der Waals surface area contributed by atoms with Crippen molar-refractivity contribution in [1.82, 2.24) is 10.2 Å². The van der Waals surface area contributed by atoms with E-state index in [-0.39, 0.29) is 0 Å². The fourth-order valence-corrected chi connectivity index (χ4v) is 3.41. The van der Waals surface area contributed by atoms with Crippen LogP contribution in [-0.2, 0) is 0 Å². The standard InChI is InChI=1S/C12H9IN2OS/c1-16-8-4-2-3-7(5-8)10-6-9-11(17-10)12(13)15-14-9/h2-6H,1H3,(H,14,15). The summed E-state index contributed by atoms with van der Waals surface area (Å²) in [5.41, 5.74) is 2.19. The van der Waals surface area contributed by atoms with Gasteiger partial charge in [-0.25, -0.2) is 0 Å². The Kier molecular flexibility index (Phi) is 2.79. The molecule has 5 heteroatoms. The third-order valence-electron chi connectivity index (χ3n) is 2.54. The molecule has 3 aromatic rings. The van der Waals surface area contributed by atoms with Gasteiger partial charge in [-0.1, -0.05) is 12.1 Å². The number of ether oxygens (including phenoxy) is 1. The van der Waals surface area contributed by atoms with Crippen LogP contribution >= 0.6 is 33.9 Å². The minimum absolute atomic E-state index is 0.879. The lowest BCUT2D eigenvalue weighted by atomic mass is 10.2. The number of thiophene rings is 1. The molecule has 3 nitrogen and oxygen atoms in total. The monoisotopic (exact) mass is 356 g/mol. The zero-order valence-electron chi connectivity index (χ0n) is 9.03. The number of H-pyrrole nitrogens is 1. The minimum Gasteiger partial charge on any atom is -0.497 e. The summed E-state index contributed by atoms with van der Waals surface area (Å²) in [5.74, 6) is 0.879. The van der Waals surface area contributed by atoms with Gasteiger partial charge >= 0.3 is 0 Å². The highest BCUT2D eigenvalue weighted by Gasteiger charge is 2.09. The SMILES string of the molecule is COc1cccc(-c2cc3n[nH]c(I)c3s2)c1. The Labute approximate surface area is 116 Å². The second kappa shape index (κ2) is 4.30. The summed E-state index contributed by atoms with van der Waals surface area (Å²) < 4.78 is 7.54. The van der Waals surface area contributed by atoms with Gasteiger partial charge in [0.15, 0.2) is 0 Å². The van der Waals surface area contributed by atoms with Gasteiger partial charge in [0.2, 0.25) is 0 Å². The molecule has 0 aliphatic carbocycles. The lowest BCUT2D eigenvalue weighted by Crippen LogP contribution is -1.82. The third kappa shape index (κ3) is 1.93. The van der Waals surface area contributed by atoms with Crippen molar-refractivity contribution in [3.05, 3.63) is 34.0 Å². The highest BCUT2D eigenvalue weighted by atomic mass is 127. The lowest BCUT2D eigenvalue weighted by molar-refractivity contribution is 0.415. The van der Waals surface area contributed by atoms with Crippen LogP contribution in [0, 0.1) is 3.70 Å². The number of hydrogen-bond donors (Lipinski definition) is 1. The molecule has 2 heterocycles. The Bertz CT molecular complexity index is 674. The first-order valence-electron chi connectivity index (χ1n) is 5.06. The Morgan fingerprint density at radius 1 is 1.35 bits per heavy atom. The fraction of sp³-hybridized carbons (Fsp3) is 0.0833. The van der Waals surface area contributed by atoms with Crippen LogP contribution in [0.4, 0.5) is 0 Å². The number of aromatic amines is 1. The zero-order chi connectivity index (χ0) is 11.8. The van der Waals surface area contributed by atoms with Gasteiger partial charge in [0.1, 0.15) is 15.0 Å². The average Bonchev–Trinajstić information content (AvgIpc) is 2.92. The van der Waals surface area contributed by atoms with Crippen molar-refractivity contribution in [3.63, 3.8) is 0 Å². The molecule has 0 amide bonds. The van der Waals surface area contributed by atoms with E-state index in [2.05, 4.69) is 44.9 Å². The topological polar surface area (TPSA) is 37.9 Å².